The number of nitrogens with two attached hydrogens (primary N) is 1. The molecule has 0 aliphatic carbocycles. The fourth-order valence-electron chi connectivity index (χ4n) is 1.48. The van der Waals surface area contributed by atoms with E-state index in [1.807, 2.05) is 18.2 Å². The van der Waals surface area contributed by atoms with Crippen molar-refractivity contribution in [3.8, 4) is 0 Å². The van der Waals surface area contributed by atoms with E-state index >= 15 is 0 Å². The Morgan fingerprint density at radius 1 is 1.50 bits per heavy atom. The highest BCUT2D eigenvalue weighted by Crippen LogP contribution is 2.11. The molecule has 0 unspecified atom stereocenters. The fourth-order valence-corrected chi connectivity index (χ4v) is 1.48. The average Bonchev–Trinajstić information content (AvgIpc) is 2.78. The van der Waals surface area contributed by atoms with Crippen LogP contribution in [-0.2, 0) is 11.2 Å². The first-order chi connectivity index (χ1) is 8.69. The van der Waals surface area contributed by atoms with Crippen molar-refractivity contribution < 1.29 is 14.1 Å². The van der Waals surface area contributed by atoms with Gasteiger partial charge in [-0.3, -0.25) is 0 Å². The number of anilines is 1. The van der Waals surface area contributed by atoms with Crippen molar-refractivity contribution in [2.24, 2.45) is 0 Å². The van der Waals surface area contributed by atoms with Crippen LogP contribution in [0, 0.1) is 0 Å². The van der Waals surface area contributed by atoms with Gasteiger partial charge in [-0.1, -0.05) is 12.1 Å². The van der Waals surface area contributed by atoms with E-state index in [2.05, 4.69) is 10.1 Å². The van der Waals surface area contributed by atoms with Crippen LogP contribution in [0.1, 0.15) is 29.0 Å². The number of hydrogen-bond acceptors (Lipinski definition) is 6. The maximum Gasteiger partial charge on any atom is 0.379 e. The summed E-state index contributed by atoms with van der Waals surface area (Å²) in [6, 6.07) is 7.34. The Hall–Kier alpha value is -2.37. The summed E-state index contributed by atoms with van der Waals surface area (Å²) in [5.74, 6) is -0.292. The van der Waals surface area contributed by atoms with E-state index in [1.54, 1.807) is 13.0 Å². The summed E-state index contributed by atoms with van der Waals surface area (Å²) in [6.07, 6.45) is 0.428. The van der Waals surface area contributed by atoms with Crippen molar-refractivity contribution in [1.29, 1.82) is 0 Å². The summed E-state index contributed by atoms with van der Waals surface area (Å²) in [5.41, 5.74) is 7.27. The van der Waals surface area contributed by atoms with Crippen molar-refractivity contribution in [2.45, 2.75) is 13.3 Å². The molecule has 0 aliphatic rings. The molecule has 1 aromatic carbocycles. The monoisotopic (exact) mass is 247 g/mol. The standard InChI is InChI=1S/C12H13N3O3/c1-2-17-12(16)11-14-10(18-15-11)7-8-4-3-5-9(13)6-8/h3-6H,2,7,13H2,1H3. The molecule has 2 aromatic rings. The number of nitrogen functional groups attached to an aromatic ring is 1. The van der Waals surface area contributed by atoms with Crippen LogP contribution in [0.3, 0.4) is 0 Å². The van der Waals surface area contributed by atoms with Crippen LogP contribution in [0.15, 0.2) is 28.8 Å². The lowest BCUT2D eigenvalue weighted by Gasteiger charge is -1.97. The van der Waals surface area contributed by atoms with Crippen LogP contribution >= 0.6 is 0 Å². The second-order valence-corrected chi connectivity index (χ2v) is 3.65. The molecule has 0 radical (unpaired) electrons. The van der Waals surface area contributed by atoms with Crippen LogP contribution in [0.25, 0.3) is 0 Å². The van der Waals surface area contributed by atoms with Gasteiger partial charge in [0.2, 0.25) is 5.89 Å². The molecule has 0 saturated heterocycles. The zero-order chi connectivity index (χ0) is 13.0. The fraction of sp³-hybridized carbons (Fsp3) is 0.250. The molecule has 0 aliphatic heterocycles. The lowest BCUT2D eigenvalue weighted by Crippen LogP contribution is -2.06. The topological polar surface area (TPSA) is 91.2 Å². The number of ether oxygens (including phenoxy) is 1. The Balaban J connectivity index is 2.09. The minimum absolute atomic E-state index is 0.0595. The smallest absolute Gasteiger partial charge is 0.379 e. The van der Waals surface area contributed by atoms with Gasteiger partial charge in [0.25, 0.3) is 5.82 Å². The summed E-state index contributed by atoms with van der Waals surface area (Å²) < 4.78 is 9.74. The second kappa shape index (κ2) is 5.31. The largest absolute Gasteiger partial charge is 0.460 e. The molecule has 18 heavy (non-hydrogen) atoms. The number of rotatable bonds is 4. The van der Waals surface area contributed by atoms with Crippen molar-refractivity contribution in [2.75, 3.05) is 12.3 Å². The van der Waals surface area contributed by atoms with E-state index in [1.165, 1.54) is 0 Å². The molecule has 6 heteroatoms. The van der Waals surface area contributed by atoms with E-state index in [0.29, 0.717) is 18.0 Å². The van der Waals surface area contributed by atoms with E-state index < -0.39 is 5.97 Å². The van der Waals surface area contributed by atoms with Crippen molar-refractivity contribution in [3.05, 3.63) is 41.5 Å². The van der Waals surface area contributed by atoms with Crippen molar-refractivity contribution in [1.82, 2.24) is 10.1 Å². The summed E-state index contributed by atoms with van der Waals surface area (Å²) in [6.45, 7) is 1.99. The number of benzene rings is 1. The molecule has 6 nitrogen and oxygen atoms in total. The van der Waals surface area contributed by atoms with Crippen LogP contribution < -0.4 is 5.73 Å². The first-order valence-corrected chi connectivity index (χ1v) is 5.53. The first-order valence-electron chi connectivity index (χ1n) is 5.53. The molecule has 0 spiro atoms. The summed E-state index contributed by atoms with van der Waals surface area (Å²) in [5, 5.41) is 3.56. The minimum Gasteiger partial charge on any atom is -0.460 e. The molecule has 94 valence electrons. The molecule has 0 fully saturated rings. The van der Waals surface area contributed by atoms with Gasteiger partial charge >= 0.3 is 5.97 Å². The number of carbonyl (C=O) groups is 1. The molecule has 0 amide bonds. The predicted molar refractivity (Wildman–Crippen MR) is 63.9 cm³/mol. The molecule has 0 saturated carbocycles. The Labute approximate surface area is 104 Å². The quantitative estimate of drug-likeness (QED) is 0.649. The lowest BCUT2D eigenvalue weighted by atomic mass is 10.1. The van der Waals surface area contributed by atoms with Gasteiger partial charge in [0.15, 0.2) is 0 Å². The zero-order valence-corrected chi connectivity index (χ0v) is 9.92. The van der Waals surface area contributed by atoms with Crippen LogP contribution in [0.5, 0.6) is 0 Å². The highest BCUT2D eigenvalue weighted by atomic mass is 16.5. The maximum atomic E-state index is 11.3. The molecule has 1 heterocycles. The lowest BCUT2D eigenvalue weighted by molar-refractivity contribution is 0.0508. The van der Waals surface area contributed by atoms with E-state index in [-0.39, 0.29) is 12.4 Å². The number of hydrogen-bond donors (Lipinski definition) is 1. The minimum atomic E-state index is -0.583. The van der Waals surface area contributed by atoms with Gasteiger partial charge in [-0.05, 0) is 29.8 Å². The molecule has 1 aromatic heterocycles. The number of carbonyl (C=O) groups excluding carboxylic acids is 1. The zero-order valence-electron chi connectivity index (χ0n) is 9.92. The normalized spacial score (nSPS) is 10.3. The number of nitrogens with zero attached hydrogens (tertiary/aromatic N) is 2. The third kappa shape index (κ3) is 2.85. The first kappa shape index (κ1) is 12.1. The van der Waals surface area contributed by atoms with Gasteiger partial charge in [0.05, 0.1) is 13.0 Å². The summed E-state index contributed by atoms with van der Waals surface area (Å²) in [7, 11) is 0. The van der Waals surface area contributed by atoms with Crippen LogP contribution in [0.4, 0.5) is 5.69 Å². The molecule has 2 N–H and O–H groups in total. The van der Waals surface area contributed by atoms with Crippen LogP contribution in [0.2, 0.25) is 0 Å². The summed E-state index contributed by atoms with van der Waals surface area (Å²) in [4.78, 5) is 15.3. The Bertz CT molecular complexity index is 551. The van der Waals surface area contributed by atoms with E-state index in [9.17, 15) is 4.79 Å². The molecule has 0 bridgehead atoms. The third-order valence-corrected chi connectivity index (χ3v) is 2.23. The summed E-state index contributed by atoms with van der Waals surface area (Å²) >= 11 is 0. The highest BCUT2D eigenvalue weighted by Gasteiger charge is 2.15. The third-order valence-electron chi connectivity index (χ3n) is 2.23. The number of aromatic nitrogens is 2. The Morgan fingerprint density at radius 2 is 2.33 bits per heavy atom. The van der Waals surface area contributed by atoms with E-state index in [4.69, 9.17) is 15.0 Å². The van der Waals surface area contributed by atoms with E-state index in [0.717, 1.165) is 5.56 Å². The van der Waals surface area contributed by atoms with Crippen molar-refractivity contribution >= 4 is 11.7 Å². The highest BCUT2D eigenvalue weighted by molar-refractivity contribution is 5.84. The SMILES string of the molecule is CCOC(=O)c1noc(Cc2cccc(N)c2)n1. The van der Waals surface area contributed by atoms with Gasteiger partial charge < -0.3 is 15.0 Å². The van der Waals surface area contributed by atoms with Crippen LogP contribution in [-0.4, -0.2) is 22.7 Å². The van der Waals surface area contributed by atoms with Crippen molar-refractivity contribution in [3.63, 3.8) is 0 Å². The molecule has 2 rings (SSSR count). The van der Waals surface area contributed by atoms with Gasteiger partial charge in [-0.2, -0.15) is 4.98 Å². The second-order valence-electron chi connectivity index (χ2n) is 3.65. The van der Waals surface area contributed by atoms with Gasteiger partial charge in [-0.15, -0.1) is 0 Å². The Morgan fingerprint density at radius 3 is 3.06 bits per heavy atom. The molecule has 0 atom stereocenters. The van der Waals surface area contributed by atoms with Gasteiger partial charge in [-0.25, -0.2) is 4.79 Å². The van der Waals surface area contributed by atoms with Gasteiger partial charge in [0.1, 0.15) is 0 Å². The Kier molecular flexibility index (Phi) is 3.57. The molecular weight excluding hydrogens is 234 g/mol. The average molecular weight is 247 g/mol. The maximum absolute atomic E-state index is 11.3. The number of esters is 1. The predicted octanol–water partition coefficient (Wildman–Crippen LogP) is 1.42. The van der Waals surface area contributed by atoms with Gasteiger partial charge in [0, 0.05) is 5.69 Å². The molecular formula is C12H13N3O3.